The lowest BCUT2D eigenvalue weighted by Gasteiger charge is -2.26. The van der Waals surface area contributed by atoms with Crippen LogP contribution in [-0.2, 0) is 9.59 Å². The quantitative estimate of drug-likeness (QED) is 0.724. The lowest BCUT2D eigenvalue weighted by molar-refractivity contribution is -0.140. The van der Waals surface area contributed by atoms with Crippen molar-refractivity contribution in [1.82, 2.24) is 10.6 Å². The van der Waals surface area contributed by atoms with Crippen molar-refractivity contribution in [2.45, 2.75) is 70.3 Å². The molecule has 2 rings (SSSR count). The van der Waals surface area contributed by atoms with E-state index in [9.17, 15) is 14.4 Å². The van der Waals surface area contributed by atoms with E-state index in [1.807, 2.05) is 0 Å². The van der Waals surface area contributed by atoms with Crippen molar-refractivity contribution in [2.24, 2.45) is 5.41 Å². The third kappa shape index (κ3) is 4.72. The molecule has 118 valence electrons. The van der Waals surface area contributed by atoms with E-state index >= 15 is 0 Å². The molecule has 0 spiro atoms. The van der Waals surface area contributed by atoms with Gasteiger partial charge in [-0.1, -0.05) is 25.7 Å². The lowest BCUT2D eigenvalue weighted by atomic mass is 9.79. The summed E-state index contributed by atoms with van der Waals surface area (Å²) in [7, 11) is 0. The van der Waals surface area contributed by atoms with Crippen LogP contribution in [0.5, 0.6) is 0 Å². The molecule has 0 aliphatic heterocycles. The number of aliphatic carboxylic acids is 1. The molecular weight excluding hydrogens is 272 g/mol. The minimum Gasteiger partial charge on any atom is -0.481 e. The summed E-state index contributed by atoms with van der Waals surface area (Å²) >= 11 is 0. The number of carbonyl (C=O) groups excluding carboxylic acids is 2. The largest absolute Gasteiger partial charge is 0.481 e. The molecule has 3 N–H and O–H groups in total. The van der Waals surface area contributed by atoms with Crippen LogP contribution < -0.4 is 10.6 Å². The summed E-state index contributed by atoms with van der Waals surface area (Å²) in [6.07, 6.45) is 7.68. The molecule has 6 nitrogen and oxygen atoms in total. The maximum atomic E-state index is 12.0. The van der Waals surface area contributed by atoms with Gasteiger partial charge in [0.25, 0.3) is 0 Å². The first kappa shape index (κ1) is 15.8. The highest BCUT2D eigenvalue weighted by Gasteiger charge is 2.38. The number of urea groups is 1. The number of nitrogens with one attached hydrogen (secondary N) is 2. The fourth-order valence-electron chi connectivity index (χ4n) is 3.66. The second-order valence-corrected chi connectivity index (χ2v) is 6.46. The average molecular weight is 296 g/mol. The smallest absolute Gasteiger partial charge is 0.321 e. The number of amides is 3. The first-order valence-corrected chi connectivity index (χ1v) is 7.81. The van der Waals surface area contributed by atoms with E-state index in [0.29, 0.717) is 0 Å². The molecule has 0 atom stereocenters. The predicted octanol–water partition coefficient (Wildman–Crippen LogP) is 2.18. The summed E-state index contributed by atoms with van der Waals surface area (Å²) in [6.45, 7) is 0. The molecule has 21 heavy (non-hydrogen) atoms. The number of carboxylic acids is 1. The monoisotopic (exact) mass is 296 g/mol. The van der Waals surface area contributed by atoms with Crippen molar-refractivity contribution >= 4 is 17.9 Å². The Hall–Kier alpha value is -1.59. The van der Waals surface area contributed by atoms with Gasteiger partial charge in [-0.15, -0.1) is 0 Å². The van der Waals surface area contributed by atoms with Crippen molar-refractivity contribution in [2.75, 3.05) is 0 Å². The van der Waals surface area contributed by atoms with Crippen molar-refractivity contribution in [1.29, 1.82) is 0 Å². The predicted molar refractivity (Wildman–Crippen MR) is 76.7 cm³/mol. The van der Waals surface area contributed by atoms with Gasteiger partial charge in [0, 0.05) is 12.5 Å². The highest BCUT2D eigenvalue weighted by Crippen LogP contribution is 2.43. The van der Waals surface area contributed by atoms with E-state index in [4.69, 9.17) is 5.11 Å². The zero-order valence-corrected chi connectivity index (χ0v) is 12.3. The van der Waals surface area contributed by atoms with Gasteiger partial charge in [0.1, 0.15) is 0 Å². The first-order chi connectivity index (χ1) is 9.99. The van der Waals surface area contributed by atoms with Gasteiger partial charge in [0.2, 0.25) is 5.91 Å². The van der Waals surface area contributed by atoms with E-state index in [0.717, 1.165) is 51.4 Å². The van der Waals surface area contributed by atoms with Gasteiger partial charge in [-0.25, -0.2) is 4.79 Å². The van der Waals surface area contributed by atoms with Crippen molar-refractivity contribution in [3.63, 3.8) is 0 Å². The first-order valence-electron chi connectivity index (χ1n) is 7.81. The van der Waals surface area contributed by atoms with E-state index in [-0.39, 0.29) is 24.8 Å². The molecule has 2 aliphatic carbocycles. The maximum Gasteiger partial charge on any atom is 0.321 e. The Bertz CT molecular complexity index is 410. The van der Waals surface area contributed by atoms with Crippen molar-refractivity contribution in [3.05, 3.63) is 0 Å². The van der Waals surface area contributed by atoms with Crippen LogP contribution in [0.15, 0.2) is 0 Å². The Morgan fingerprint density at radius 2 is 1.62 bits per heavy atom. The minimum absolute atomic E-state index is 0.00463. The summed E-state index contributed by atoms with van der Waals surface area (Å²) in [5.41, 5.74) is -0.469. The maximum absolute atomic E-state index is 12.0. The van der Waals surface area contributed by atoms with E-state index < -0.39 is 17.4 Å². The van der Waals surface area contributed by atoms with Crippen LogP contribution in [0.4, 0.5) is 4.79 Å². The summed E-state index contributed by atoms with van der Waals surface area (Å²) in [5.74, 6) is -1.24. The van der Waals surface area contributed by atoms with Gasteiger partial charge < -0.3 is 10.4 Å². The molecule has 0 bridgehead atoms. The average Bonchev–Trinajstić information content (AvgIpc) is 3.00. The molecule has 0 radical (unpaired) electrons. The minimum atomic E-state index is -0.875. The van der Waals surface area contributed by atoms with E-state index in [2.05, 4.69) is 10.6 Å². The number of imide groups is 1. The van der Waals surface area contributed by atoms with Crippen molar-refractivity contribution < 1.29 is 19.5 Å². The third-order valence-electron chi connectivity index (χ3n) is 4.67. The topological polar surface area (TPSA) is 95.5 Å². The van der Waals surface area contributed by atoms with E-state index in [1.54, 1.807) is 0 Å². The zero-order valence-electron chi connectivity index (χ0n) is 12.3. The normalized spacial score (nSPS) is 21.1. The molecule has 0 aromatic rings. The summed E-state index contributed by atoms with van der Waals surface area (Å²) in [4.78, 5) is 34.7. The standard InChI is InChI=1S/C15H24N2O4/c18-12(17-14(21)16-11-5-1-2-6-11)9-15(10-13(19)20)7-3-4-8-15/h11H,1-10H2,(H,19,20)(H2,16,17,18,21). The highest BCUT2D eigenvalue weighted by molar-refractivity contribution is 5.94. The van der Waals surface area contributed by atoms with Crippen LogP contribution >= 0.6 is 0 Å². The summed E-state index contributed by atoms with van der Waals surface area (Å²) in [6, 6.07) is -0.285. The van der Waals surface area contributed by atoms with Crippen LogP contribution in [0, 0.1) is 5.41 Å². The van der Waals surface area contributed by atoms with Crippen molar-refractivity contribution in [3.8, 4) is 0 Å². The fourth-order valence-corrected chi connectivity index (χ4v) is 3.66. The second kappa shape index (κ2) is 6.91. The Morgan fingerprint density at radius 1 is 1.00 bits per heavy atom. The third-order valence-corrected chi connectivity index (χ3v) is 4.67. The van der Waals surface area contributed by atoms with Crippen LogP contribution in [0.25, 0.3) is 0 Å². The van der Waals surface area contributed by atoms with Gasteiger partial charge in [-0.3, -0.25) is 14.9 Å². The van der Waals surface area contributed by atoms with E-state index in [1.165, 1.54) is 0 Å². The number of rotatable bonds is 5. The Balaban J connectivity index is 1.81. The van der Waals surface area contributed by atoms with Gasteiger partial charge in [0.05, 0.1) is 6.42 Å². The molecular formula is C15H24N2O4. The van der Waals surface area contributed by atoms with Gasteiger partial charge in [0.15, 0.2) is 0 Å². The van der Waals surface area contributed by atoms with Gasteiger partial charge in [-0.05, 0) is 31.1 Å². The number of hydrogen-bond donors (Lipinski definition) is 3. The highest BCUT2D eigenvalue weighted by atomic mass is 16.4. The molecule has 2 saturated carbocycles. The Labute approximate surface area is 124 Å². The molecule has 0 unspecified atom stereocenters. The molecule has 2 aliphatic rings. The van der Waals surface area contributed by atoms with Crippen LogP contribution in [0.1, 0.15) is 64.2 Å². The zero-order chi connectivity index (χ0) is 15.3. The lowest BCUT2D eigenvalue weighted by Crippen LogP contribution is -2.45. The van der Waals surface area contributed by atoms with Gasteiger partial charge >= 0.3 is 12.0 Å². The molecule has 6 heteroatoms. The van der Waals surface area contributed by atoms with Crippen LogP contribution in [0.2, 0.25) is 0 Å². The molecule has 3 amide bonds. The number of hydrogen-bond acceptors (Lipinski definition) is 3. The summed E-state index contributed by atoms with van der Waals surface area (Å²) < 4.78 is 0. The number of carboxylic acid groups (broad SMARTS) is 1. The second-order valence-electron chi connectivity index (χ2n) is 6.46. The molecule has 0 saturated heterocycles. The molecule has 0 heterocycles. The molecule has 2 fully saturated rings. The van der Waals surface area contributed by atoms with Crippen LogP contribution in [0.3, 0.4) is 0 Å². The van der Waals surface area contributed by atoms with Crippen LogP contribution in [-0.4, -0.2) is 29.1 Å². The molecule has 0 aromatic carbocycles. The number of carbonyl (C=O) groups is 3. The fraction of sp³-hybridized carbons (Fsp3) is 0.800. The Morgan fingerprint density at radius 3 is 2.19 bits per heavy atom. The Kier molecular flexibility index (Phi) is 5.20. The molecule has 0 aromatic heterocycles. The van der Waals surface area contributed by atoms with Gasteiger partial charge in [-0.2, -0.15) is 0 Å². The summed E-state index contributed by atoms with van der Waals surface area (Å²) in [5, 5.41) is 14.2. The SMILES string of the molecule is O=C(O)CC1(CC(=O)NC(=O)NC2CCCC2)CCCC1.